The Hall–Kier alpha value is -1.83. The summed E-state index contributed by atoms with van der Waals surface area (Å²) >= 11 is 1.58. The number of benzene rings is 1. The Kier molecular flexibility index (Phi) is 5.02. The number of amides is 1. The van der Waals surface area contributed by atoms with Crippen LogP contribution in [-0.4, -0.2) is 42.0 Å². The van der Waals surface area contributed by atoms with E-state index in [0.717, 1.165) is 36.5 Å². The van der Waals surface area contributed by atoms with Crippen molar-refractivity contribution in [3.05, 3.63) is 52.2 Å². The number of ether oxygens (including phenoxy) is 1. The lowest BCUT2D eigenvalue weighted by Gasteiger charge is -2.45. The second-order valence-corrected chi connectivity index (χ2v) is 7.83. The van der Waals surface area contributed by atoms with Crippen LogP contribution >= 0.6 is 11.3 Å². The van der Waals surface area contributed by atoms with E-state index in [9.17, 15) is 9.18 Å². The molecule has 0 radical (unpaired) electrons. The molecule has 4 rings (SSSR count). The molecule has 2 aromatic rings. The standard InChI is InChI=1S/C19H22FN3O2S/c20-16-4-2-1-3-14(16)11-23-8-5-15(6-9-23)19(18-21-7-10-26-18)13-22-17(24)12-25-19/h1-4,7,10,15H,5-6,8-9,11-13H2,(H,22,24). The molecule has 2 saturated heterocycles. The number of piperidine rings is 1. The first-order valence-corrected chi connectivity index (χ1v) is 9.82. The van der Waals surface area contributed by atoms with Gasteiger partial charge in [0.1, 0.15) is 23.0 Å². The summed E-state index contributed by atoms with van der Waals surface area (Å²) in [5.41, 5.74) is 0.202. The first-order chi connectivity index (χ1) is 12.7. The molecule has 0 spiro atoms. The summed E-state index contributed by atoms with van der Waals surface area (Å²) in [7, 11) is 0. The number of thiazole rings is 1. The van der Waals surface area contributed by atoms with Crippen LogP contribution in [0, 0.1) is 11.7 Å². The zero-order chi connectivity index (χ0) is 18.0. The summed E-state index contributed by atoms with van der Waals surface area (Å²) in [6.45, 7) is 2.93. The van der Waals surface area contributed by atoms with Crippen molar-refractivity contribution in [2.45, 2.75) is 25.0 Å². The zero-order valence-corrected chi connectivity index (χ0v) is 15.3. The molecule has 2 fully saturated rings. The number of rotatable bonds is 4. The molecule has 5 nitrogen and oxygen atoms in total. The van der Waals surface area contributed by atoms with Crippen LogP contribution in [0.4, 0.5) is 4.39 Å². The Balaban J connectivity index is 1.45. The summed E-state index contributed by atoms with van der Waals surface area (Å²) in [5, 5.41) is 5.84. The fourth-order valence-corrected chi connectivity index (χ4v) is 4.83. The third kappa shape index (κ3) is 3.39. The Labute approximate surface area is 156 Å². The minimum absolute atomic E-state index is 0.0748. The van der Waals surface area contributed by atoms with Gasteiger partial charge >= 0.3 is 0 Å². The third-order valence-corrected chi connectivity index (χ3v) is 6.33. The van der Waals surface area contributed by atoms with Gasteiger partial charge in [-0.05, 0) is 37.9 Å². The van der Waals surface area contributed by atoms with Gasteiger partial charge < -0.3 is 10.1 Å². The molecule has 1 amide bonds. The van der Waals surface area contributed by atoms with E-state index in [1.165, 1.54) is 6.07 Å². The second-order valence-electron chi connectivity index (χ2n) is 6.93. The molecule has 2 aliphatic heterocycles. The fraction of sp³-hybridized carbons (Fsp3) is 0.474. The molecule has 1 N–H and O–H groups in total. The maximum atomic E-state index is 13.9. The lowest BCUT2D eigenvalue weighted by Crippen LogP contribution is -2.56. The Morgan fingerprint density at radius 1 is 1.35 bits per heavy atom. The van der Waals surface area contributed by atoms with Gasteiger partial charge in [-0.1, -0.05) is 18.2 Å². The van der Waals surface area contributed by atoms with Gasteiger partial charge in [0.15, 0.2) is 0 Å². The molecule has 1 atom stereocenters. The normalized spacial score (nSPS) is 25.2. The highest BCUT2D eigenvalue weighted by Crippen LogP contribution is 2.41. The number of hydrogen-bond donors (Lipinski definition) is 1. The van der Waals surface area contributed by atoms with Crippen molar-refractivity contribution >= 4 is 17.2 Å². The monoisotopic (exact) mass is 375 g/mol. The van der Waals surface area contributed by atoms with E-state index < -0.39 is 5.60 Å². The number of morpholine rings is 1. The van der Waals surface area contributed by atoms with Gasteiger partial charge in [0.25, 0.3) is 0 Å². The van der Waals surface area contributed by atoms with Crippen LogP contribution < -0.4 is 5.32 Å². The predicted molar refractivity (Wildman–Crippen MR) is 97.2 cm³/mol. The first-order valence-electron chi connectivity index (χ1n) is 8.94. The third-order valence-electron chi connectivity index (χ3n) is 5.40. The highest BCUT2D eigenvalue weighted by atomic mass is 32.1. The van der Waals surface area contributed by atoms with Gasteiger partial charge in [-0.3, -0.25) is 9.69 Å². The van der Waals surface area contributed by atoms with Crippen molar-refractivity contribution < 1.29 is 13.9 Å². The van der Waals surface area contributed by atoms with Gasteiger partial charge in [-0.2, -0.15) is 0 Å². The van der Waals surface area contributed by atoms with Gasteiger partial charge in [0, 0.05) is 23.7 Å². The number of hydrogen-bond acceptors (Lipinski definition) is 5. The number of nitrogens with one attached hydrogen (secondary N) is 1. The molecule has 1 aromatic carbocycles. The molecule has 138 valence electrons. The maximum absolute atomic E-state index is 13.9. The van der Waals surface area contributed by atoms with Crippen molar-refractivity contribution in [1.29, 1.82) is 0 Å². The molecule has 0 bridgehead atoms. The molecule has 26 heavy (non-hydrogen) atoms. The summed E-state index contributed by atoms with van der Waals surface area (Å²) in [6, 6.07) is 6.95. The predicted octanol–water partition coefficient (Wildman–Crippen LogP) is 2.54. The highest BCUT2D eigenvalue weighted by molar-refractivity contribution is 7.09. The Bertz CT molecular complexity index is 750. The minimum atomic E-state index is -0.536. The SMILES string of the molecule is O=C1COC(c2nccs2)(C2CCN(Cc3ccccc3F)CC2)CN1. The van der Waals surface area contributed by atoms with Gasteiger partial charge in [0.2, 0.25) is 5.91 Å². The average Bonchev–Trinajstić information content (AvgIpc) is 3.21. The summed E-state index contributed by atoms with van der Waals surface area (Å²) in [4.78, 5) is 18.4. The molecule has 0 aliphatic carbocycles. The number of aromatic nitrogens is 1. The van der Waals surface area contributed by atoms with Crippen LogP contribution in [0.25, 0.3) is 0 Å². The summed E-state index contributed by atoms with van der Waals surface area (Å²) in [6.07, 6.45) is 3.66. The topological polar surface area (TPSA) is 54.5 Å². The minimum Gasteiger partial charge on any atom is -0.356 e. The molecule has 7 heteroatoms. The van der Waals surface area contributed by atoms with Crippen LogP contribution in [0.15, 0.2) is 35.8 Å². The second kappa shape index (κ2) is 7.42. The van der Waals surface area contributed by atoms with Crippen LogP contribution in [0.5, 0.6) is 0 Å². The average molecular weight is 375 g/mol. The Morgan fingerprint density at radius 3 is 2.81 bits per heavy atom. The van der Waals surface area contributed by atoms with E-state index in [1.54, 1.807) is 23.6 Å². The molecule has 0 saturated carbocycles. The first kappa shape index (κ1) is 17.6. The Morgan fingerprint density at radius 2 is 2.15 bits per heavy atom. The van der Waals surface area contributed by atoms with Crippen LogP contribution in [0.2, 0.25) is 0 Å². The number of nitrogens with zero attached hydrogens (tertiary/aromatic N) is 2. The molecule has 2 aliphatic rings. The van der Waals surface area contributed by atoms with Crippen molar-refractivity contribution in [1.82, 2.24) is 15.2 Å². The number of carbonyl (C=O) groups excluding carboxylic acids is 1. The van der Waals surface area contributed by atoms with Crippen LogP contribution in [-0.2, 0) is 21.7 Å². The highest BCUT2D eigenvalue weighted by Gasteiger charge is 2.47. The van der Waals surface area contributed by atoms with E-state index in [1.807, 2.05) is 17.5 Å². The van der Waals surface area contributed by atoms with E-state index in [4.69, 9.17) is 4.74 Å². The van der Waals surface area contributed by atoms with E-state index in [2.05, 4.69) is 15.2 Å². The quantitative estimate of drug-likeness (QED) is 0.892. The molecular weight excluding hydrogens is 353 g/mol. The van der Waals surface area contributed by atoms with Crippen molar-refractivity contribution in [3.8, 4) is 0 Å². The van der Waals surface area contributed by atoms with Crippen molar-refractivity contribution in [3.63, 3.8) is 0 Å². The van der Waals surface area contributed by atoms with Gasteiger partial charge in [-0.25, -0.2) is 9.37 Å². The molecule has 1 unspecified atom stereocenters. The number of carbonyl (C=O) groups is 1. The lowest BCUT2D eigenvalue weighted by atomic mass is 9.79. The van der Waals surface area contributed by atoms with E-state index in [0.29, 0.717) is 13.1 Å². The van der Waals surface area contributed by atoms with Crippen LogP contribution in [0.1, 0.15) is 23.4 Å². The van der Waals surface area contributed by atoms with E-state index >= 15 is 0 Å². The molecule has 1 aromatic heterocycles. The van der Waals surface area contributed by atoms with Gasteiger partial charge in [-0.15, -0.1) is 11.3 Å². The molecular formula is C19H22FN3O2S. The fourth-order valence-electron chi connectivity index (χ4n) is 3.96. The van der Waals surface area contributed by atoms with Gasteiger partial charge in [0.05, 0.1) is 6.54 Å². The van der Waals surface area contributed by atoms with Crippen LogP contribution in [0.3, 0.4) is 0 Å². The zero-order valence-electron chi connectivity index (χ0n) is 14.5. The van der Waals surface area contributed by atoms with E-state index in [-0.39, 0.29) is 24.2 Å². The lowest BCUT2D eigenvalue weighted by molar-refractivity contribution is -0.158. The molecule has 3 heterocycles. The number of halogens is 1. The van der Waals surface area contributed by atoms with Crippen molar-refractivity contribution in [2.75, 3.05) is 26.2 Å². The smallest absolute Gasteiger partial charge is 0.246 e. The maximum Gasteiger partial charge on any atom is 0.246 e. The largest absolute Gasteiger partial charge is 0.356 e. The summed E-state index contributed by atoms with van der Waals surface area (Å²) in [5.74, 6) is 0.0625. The summed E-state index contributed by atoms with van der Waals surface area (Å²) < 4.78 is 20.0. The number of likely N-dealkylation sites (tertiary alicyclic amines) is 1. The van der Waals surface area contributed by atoms with Crippen molar-refractivity contribution in [2.24, 2.45) is 5.92 Å².